The number of nitrogens with one attached hydrogen (secondary N) is 1. The van der Waals surface area contributed by atoms with Crippen LogP contribution in [-0.2, 0) is 4.74 Å². The van der Waals surface area contributed by atoms with Crippen molar-refractivity contribution < 1.29 is 4.74 Å². The molecule has 0 aliphatic carbocycles. The van der Waals surface area contributed by atoms with Gasteiger partial charge in [0.05, 0.1) is 6.61 Å². The van der Waals surface area contributed by atoms with E-state index in [0.717, 1.165) is 26.1 Å². The molecule has 0 aliphatic heterocycles. The molecule has 1 N–H and O–H groups in total. The van der Waals surface area contributed by atoms with Gasteiger partial charge in [-0.05, 0) is 44.5 Å². The minimum absolute atomic E-state index is 0.785. The molecule has 1 rings (SSSR count). The molecule has 0 saturated carbocycles. The molecule has 1 aromatic heterocycles. The molecule has 1 aromatic rings. The van der Waals surface area contributed by atoms with Gasteiger partial charge in [-0.25, -0.2) is 0 Å². The van der Waals surface area contributed by atoms with Crippen molar-refractivity contribution in [3.8, 4) is 0 Å². The topological polar surface area (TPSA) is 21.3 Å². The van der Waals surface area contributed by atoms with Gasteiger partial charge in [0, 0.05) is 23.4 Å². The van der Waals surface area contributed by atoms with E-state index in [9.17, 15) is 0 Å². The van der Waals surface area contributed by atoms with Crippen LogP contribution in [0.2, 0.25) is 0 Å². The van der Waals surface area contributed by atoms with E-state index in [1.165, 1.54) is 15.3 Å². The van der Waals surface area contributed by atoms with E-state index >= 15 is 0 Å². The second kappa shape index (κ2) is 7.60. The van der Waals surface area contributed by atoms with E-state index < -0.39 is 0 Å². The van der Waals surface area contributed by atoms with Gasteiger partial charge in [-0.15, -0.1) is 11.3 Å². The number of methoxy groups -OCH3 is 1. The Bertz CT molecular complexity index is 330. The standard InChI is InChI=1S/C13H21NOS/c1-11(13-7-6-12(2)16-13)5-4-8-14-9-10-15-3/h5-7,14H,4,8-10H2,1-3H3. The normalized spacial score (nSPS) is 12.1. The van der Waals surface area contributed by atoms with Gasteiger partial charge in [-0.1, -0.05) is 6.08 Å². The summed E-state index contributed by atoms with van der Waals surface area (Å²) in [4.78, 5) is 2.76. The number of hydrogen-bond donors (Lipinski definition) is 1. The third-order valence-electron chi connectivity index (χ3n) is 2.38. The Morgan fingerprint density at radius 1 is 1.44 bits per heavy atom. The number of rotatable bonds is 7. The van der Waals surface area contributed by atoms with Crippen molar-refractivity contribution in [1.29, 1.82) is 0 Å². The molecule has 0 amide bonds. The van der Waals surface area contributed by atoms with Crippen LogP contribution in [0.1, 0.15) is 23.1 Å². The lowest BCUT2D eigenvalue weighted by Crippen LogP contribution is -2.19. The Balaban J connectivity index is 2.24. The van der Waals surface area contributed by atoms with E-state index in [2.05, 4.69) is 37.4 Å². The summed E-state index contributed by atoms with van der Waals surface area (Å²) in [6.45, 7) is 7.06. The average molecular weight is 239 g/mol. The lowest BCUT2D eigenvalue weighted by molar-refractivity contribution is 0.199. The van der Waals surface area contributed by atoms with Gasteiger partial charge in [-0.3, -0.25) is 0 Å². The lowest BCUT2D eigenvalue weighted by Gasteiger charge is -2.02. The highest BCUT2D eigenvalue weighted by molar-refractivity contribution is 7.13. The number of thiophene rings is 1. The molecular weight excluding hydrogens is 218 g/mol. The van der Waals surface area contributed by atoms with E-state index in [-0.39, 0.29) is 0 Å². The molecular formula is C13H21NOS. The van der Waals surface area contributed by atoms with Gasteiger partial charge in [0.1, 0.15) is 0 Å². The fourth-order valence-electron chi connectivity index (χ4n) is 1.44. The van der Waals surface area contributed by atoms with Crippen LogP contribution in [-0.4, -0.2) is 26.8 Å². The van der Waals surface area contributed by atoms with Crippen LogP contribution in [0.3, 0.4) is 0 Å². The Hall–Kier alpha value is -0.640. The van der Waals surface area contributed by atoms with Crippen molar-refractivity contribution in [3.05, 3.63) is 28.0 Å². The Morgan fingerprint density at radius 3 is 2.88 bits per heavy atom. The molecule has 16 heavy (non-hydrogen) atoms. The van der Waals surface area contributed by atoms with E-state index in [1.54, 1.807) is 7.11 Å². The maximum atomic E-state index is 4.97. The van der Waals surface area contributed by atoms with Crippen LogP contribution in [0.15, 0.2) is 18.2 Å². The van der Waals surface area contributed by atoms with Crippen LogP contribution < -0.4 is 5.32 Å². The summed E-state index contributed by atoms with van der Waals surface area (Å²) in [5.41, 5.74) is 1.38. The van der Waals surface area contributed by atoms with Gasteiger partial charge in [0.25, 0.3) is 0 Å². The fourth-order valence-corrected chi connectivity index (χ4v) is 2.30. The molecule has 0 unspecified atom stereocenters. The molecule has 1 heterocycles. The predicted octanol–water partition coefficient (Wildman–Crippen LogP) is 3.09. The quantitative estimate of drug-likeness (QED) is 0.738. The molecule has 0 aliphatic rings. The summed E-state index contributed by atoms with van der Waals surface area (Å²) < 4.78 is 4.97. The van der Waals surface area contributed by atoms with Crippen LogP contribution in [0.25, 0.3) is 5.57 Å². The Kier molecular flexibility index (Phi) is 6.38. The molecule has 0 spiro atoms. The zero-order chi connectivity index (χ0) is 11.8. The maximum Gasteiger partial charge on any atom is 0.0587 e. The summed E-state index contributed by atoms with van der Waals surface area (Å²) in [5, 5.41) is 3.33. The highest BCUT2D eigenvalue weighted by atomic mass is 32.1. The monoisotopic (exact) mass is 239 g/mol. The fraction of sp³-hybridized carbons (Fsp3) is 0.538. The minimum atomic E-state index is 0.785. The molecule has 0 atom stereocenters. The van der Waals surface area contributed by atoms with Crippen molar-refractivity contribution in [3.63, 3.8) is 0 Å². The first kappa shape index (κ1) is 13.4. The summed E-state index contributed by atoms with van der Waals surface area (Å²) >= 11 is 1.86. The number of aryl methyl sites for hydroxylation is 1. The van der Waals surface area contributed by atoms with Crippen molar-refractivity contribution >= 4 is 16.9 Å². The van der Waals surface area contributed by atoms with Gasteiger partial charge in [-0.2, -0.15) is 0 Å². The highest BCUT2D eigenvalue weighted by Gasteiger charge is 1.97. The second-order valence-corrected chi connectivity index (χ2v) is 5.12. The number of hydrogen-bond acceptors (Lipinski definition) is 3. The first-order chi connectivity index (χ1) is 7.74. The minimum Gasteiger partial charge on any atom is -0.383 e. The second-order valence-electron chi connectivity index (χ2n) is 3.83. The van der Waals surface area contributed by atoms with Crippen molar-refractivity contribution in [1.82, 2.24) is 5.32 Å². The van der Waals surface area contributed by atoms with Gasteiger partial charge in [0.15, 0.2) is 0 Å². The van der Waals surface area contributed by atoms with E-state index in [0.29, 0.717) is 0 Å². The van der Waals surface area contributed by atoms with Gasteiger partial charge < -0.3 is 10.1 Å². The Labute approximate surface area is 102 Å². The van der Waals surface area contributed by atoms with Gasteiger partial charge >= 0.3 is 0 Å². The van der Waals surface area contributed by atoms with Crippen LogP contribution >= 0.6 is 11.3 Å². The maximum absolute atomic E-state index is 4.97. The highest BCUT2D eigenvalue weighted by Crippen LogP contribution is 2.23. The molecule has 90 valence electrons. The first-order valence-corrected chi connectivity index (χ1v) is 6.49. The predicted molar refractivity (Wildman–Crippen MR) is 72.1 cm³/mol. The van der Waals surface area contributed by atoms with Crippen LogP contribution in [0.4, 0.5) is 0 Å². The van der Waals surface area contributed by atoms with E-state index in [4.69, 9.17) is 4.74 Å². The molecule has 2 nitrogen and oxygen atoms in total. The molecule has 0 aromatic carbocycles. The summed E-state index contributed by atoms with van der Waals surface area (Å²) in [7, 11) is 1.73. The summed E-state index contributed by atoms with van der Waals surface area (Å²) in [5.74, 6) is 0. The zero-order valence-corrected chi connectivity index (χ0v) is 11.2. The average Bonchev–Trinajstić information content (AvgIpc) is 2.70. The Morgan fingerprint density at radius 2 is 2.25 bits per heavy atom. The van der Waals surface area contributed by atoms with E-state index in [1.807, 2.05) is 11.3 Å². The molecule has 0 bridgehead atoms. The lowest BCUT2D eigenvalue weighted by atomic mass is 10.2. The molecule has 0 fully saturated rings. The number of allylic oxidation sites excluding steroid dienone is 1. The summed E-state index contributed by atoms with van der Waals surface area (Å²) in [6, 6.07) is 4.37. The van der Waals surface area contributed by atoms with Gasteiger partial charge in [0.2, 0.25) is 0 Å². The van der Waals surface area contributed by atoms with Crippen molar-refractivity contribution in [2.75, 3.05) is 26.8 Å². The molecule has 3 heteroatoms. The SMILES string of the molecule is COCCNCCC=C(C)c1ccc(C)s1. The third kappa shape index (κ3) is 4.92. The van der Waals surface area contributed by atoms with Crippen LogP contribution in [0, 0.1) is 6.92 Å². The van der Waals surface area contributed by atoms with Crippen molar-refractivity contribution in [2.45, 2.75) is 20.3 Å². The number of ether oxygens (including phenoxy) is 1. The first-order valence-electron chi connectivity index (χ1n) is 5.67. The smallest absolute Gasteiger partial charge is 0.0587 e. The molecule has 0 radical (unpaired) electrons. The third-order valence-corrected chi connectivity index (χ3v) is 3.52. The summed E-state index contributed by atoms with van der Waals surface area (Å²) in [6.07, 6.45) is 3.37. The zero-order valence-electron chi connectivity index (χ0n) is 10.4. The van der Waals surface area contributed by atoms with Crippen LogP contribution in [0.5, 0.6) is 0 Å². The van der Waals surface area contributed by atoms with Crippen molar-refractivity contribution in [2.24, 2.45) is 0 Å². The molecule has 0 saturated heterocycles. The largest absolute Gasteiger partial charge is 0.383 e.